The summed E-state index contributed by atoms with van der Waals surface area (Å²) in [7, 11) is 0. The van der Waals surface area contributed by atoms with Gasteiger partial charge in [0.15, 0.2) is 5.96 Å². The predicted molar refractivity (Wildman–Crippen MR) is 74.8 cm³/mol. The highest BCUT2D eigenvalue weighted by Crippen LogP contribution is 2.43. The Labute approximate surface area is 115 Å². The number of rotatable bonds is 1. The van der Waals surface area contributed by atoms with Gasteiger partial charge in [-0.2, -0.15) is 4.99 Å². The van der Waals surface area contributed by atoms with Crippen molar-refractivity contribution in [2.24, 2.45) is 16.5 Å². The third kappa shape index (κ3) is 1.55. The molecule has 0 aliphatic heterocycles. The minimum absolute atomic E-state index is 0.0334. The summed E-state index contributed by atoms with van der Waals surface area (Å²) in [4.78, 5) is 11.9. The lowest BCUT2D eigenvalue weighted by atomic mass is 10.1. The van der Waals surface area contributed by atoms with Gasteiger partial charge in [0, 0.05) is 4.88 Å². The normalized spacial score (nSPS) is 13.3. The molecule has 9 heteroatoms. The SMILES string of the molecule is NC(N)=Nc1nc2c(s1)-c1c(sc3nncn13)CC2. The van der Waals surface area contributed by atoms with Crippen LogP contribution in [0.1, 0.15) is 10.6 Å². The second-order valence-electron chi connectivity index (χ2n) is 4.17. The van der Waals surface area contributed by atoms with Crippen LogP contribution in [0, 0.1) is 0 Å². The van der Waals surface area contributed by atoms with Gasteiger partial charge < -0.3 is 11.5 Å². The van der Waals surface area contributed by atoms with Crippen LogP contribution in [-0.4, -0.2) is 25.5 Å². The Balaban J connectivity index is 1.97. The topological polar surface area (TPSA) is 107 Å². The summed E-state index contributed by atoms with van der Waals surface area (Å²) < 4.78 is 2.01. The molecule has 0 unspecified atom stereocenters. The molecule has 4 rings (SSSR count). The molecule has 1 aliphatic carbocycles. The Hall–Kier alpha value is -2.00. The molecule has 0 aromatic carbocycles. The quantitative estimate of drug-likeness (QED) is 0.512. The number of aryl methyl sites for hydroxylation is 2. The van der Waals surface area contributed by atoms with E-state index in [9.17, 15) is 0 Å². The lowest BCUT2D eigenvalue weighted by Crippen LogP contribution is -2.21. The summed E-state index contributed by atoms with van der Waals surface area (Å²) in [6.07, 6.45) is 3.62. The Morgan fingerprint density at radius 1 is 1.32 bits per heavy atom. The van der Waals surface area contributed by atoms with Crippen LogP contribution in [0.2, 0.25) is 0 Å². The average Bonchev–Trinajstić information content (AvgIpc) is 2.98. The van der Waals surface area contributed by atoms with E-state index in [1.807, 2.05) is 4.40 Å². The van der Waals surface area contributed by atoms with Gasteiger partial charge in [-0.15, -0.1) is 10.2 Å². The molecule has 3 aromatic rings. The highest BCUT2D eigenvalue weighted by Gasteiger charge is 2.26. The van der Waals surface area contributed by atoms with Crippen LogP contribution in [0.5, 0.6) is 0 Å². The zero-order valence-corrected chi connectivity index (χ0v) is 11.3. The number of hydrogen-bond acceptors (Lipinski definition) is 6. The van der Waals surface area contributed by atoms with Crippen molar-refractivity contribution in [2.45, 2.75) is 12.8 Å². The van der Waals surface area contributed by atoms with E-state index in [1.54, 1.807) is 17.7 Å². The Bertz CT molecular complexity index is 805. The number of nitrogens with zero attached hydrogens (tertiary/aromatic N) is 5. The van der Waals surface area contributed by atoms with Crippen molar-refractivity contribution < 1.29 is 0 Å². The number of thiazole rings is 2. The highest BCUT2D eigenvalue weighted by molar-refractivity contribution is 7.20. The van der Waals surface area contributed by atoms with Gasteiger partial charge in [-0.1, -0.05) is 22.7 Å². The second-order valence-corrected chi connectivity index (χ2v) is 6.21. The van der Waals surface area contributed by atoms with Crippen LogP contribution in [0.25, 0.3) is 15.5 Å². The van der Waals surface area contributed by atoms with E-state index >= 15 is 0 Å². The summed E-state index contributed by atoms with van der Waals surface area (Å²) in [5.74, 6) is 0.0334. The molecule has 0 amide bonds. The first-order chi connectivity index (χ1) is 9.22. The van der Waals surface area contributed by atoms with Crippen LogP contribution in [0.4, 0.5) is 5.13 Å². The molecule has 7 nitrogen and oxygen atoms in total. The Kier molecular flexibility index (Phi) is 2.15. The van der Waals surface area contributed by atoms with E-state index in [0.717, 1.165) is 34.1 Å². The molecular formula is C10H9N7S2. The number of fused-ring (bicyclic) bond motifs is 5. The number of aliphatic imine (C=N–C) groups is 1. The van der Waals surface area contributed by atoms with Gasteiger partial charge in [0.05, 0.1) is 16.3 Å². The molecule has 1 aliphatic rings. The first-order valence-corrected chi connectivity index (χ1v) is 7.27. The van der Waals surface area contributed by atoms with E-state index in [0.29, 0.717) is 5.13 Å². The Morgan fingerprint density at radius 3 is 3.05 bits per heavy atom. The van der Waals surface area contributed by atoms with Crippen molar-refractivity contribution in [1.82, 2.24) is 19.6 Å². The van der Waals surface area contributed by atoms with Gasteiger partial charge >= 0.3 is 0 Å². The van der Waals surface area contributed by atoms with E-state index in [4.69, 9.17) is 11.5 Å². The average molecular weight is 291 g/mol. The van der Waals surface area contributed by atoms with Gasteiger partial charge in [0.2, 0.25) is 10.1 Å². The van der Waals surface area contributed by atoms with Crippen molar-refractivity contribution in [1.29, 1.82) is 0 Å². The fraction of sp³-hybridized carbons (Fsp3) is 0.200. The van der Waals surface area contributed by atoms with E-state index < -0.39 is 0 Å². The molecule has 0 saturated heterocycles. The summed E-state index contributed by atoms with van der Waals surface area (Å²) in [5.41, 5.74) is 13.0. The minimum atomic E-state index is 0.0334. The summed E-state index contributed by atoms with van der Waals surface area (Å²) in [5, 5.41) is 8.64. The van der Waals surface area contributed by atoms with Gasteiger partial charge in [0.1, 0.15) is 6.33 Å². The highest BCUT2D eigenvalue weighted by atomic mass is 32.1. The van der Waals surface area contributed by atoms with Crippen molar-refractivity contribution in [3.05, 3.63) is 16.9 Å². The van der Waals surface area contributed by atoms with Gasteiger partial charge in [-0.3, -0.25) is 4.40 Å². The van der Waals surface area contributed by atoms with Crippen LogP contribution in [0.3, 0.4) is 0 Å². The maximum absolute atomic E-state index is 5.40. The minimum Gasteiger partial charge on any atom is -0.370 e. The molecule has 3 aromatic heterocycles. The molecule has 0 atom stereocenters. The molecule has 0 fully saturated rings. The third-order valence-corrected chi connectivity index (χ3v) is 5.05. The first-order valence-electron chi connectivity index (χ1n) is 5.63. The Morgan fingerprint density at radius 2 is 2.21 bits per heavy atom. The maximum atomic E-state index is 5.40. The fourth-order valence-corrected chi connectivity index (χ4v) is 4.41. The first kappa shape index (κ1) is 10.9. The van der Waals surface area contributed by atoms with Crippen LogP contribution in [-0.2, 0) is 12.8 Å². The monoisotopic (exact) mass is 291 g/mol. The van der Waals surface area contributed by atoms with E-state index in [2.05, 4.69) is 20.2 Å². The lowest BCUT2D eigenvalue weighted by Gasteiger charge is -2.09. The van der Waals surface area contributed by atoms with Crippen molar-refractivity contribution in [3.63, 3.8) is 0 Å². The van der Waals surface area contributed by atoms with Crippen molar-refractivity contribution >= 4 is 38.7 Å². The van der Waals surface area contributed by atoms with E-state index in [1.165, 1.54) is 16.2 Å². The lowest BCUT2D eigenvalue weighted by molar-refractivity contribution is 0.914. The van der Waals surface area contributed by atoms with Gasteiger partial charge in [0.25, 0.3) is 0 Å². The van der Waals surface area contributed by atoms with Crippen LogP contribution < -0.4 is 11.5 Å². The second kappa shape index (κ2) is 3.75. The largest absolute Gasteiger partial charge is 0.370 e. The number of guanidine groups is 1. The standard InChI is InChI=1S/C10H9N7S2/c11-8(12)15-9-14-4-1-2-5-6(7(4)19-9)17-3-13-16-10(17)18-5/h3H,1-2H2,(H4,11,12,14,15). The fourth-order valence-electron chi connectivity index (χ4n) is 2.23. The molecule has 4 N–H and O–H groups in total. The third-order valence-electron chi connectivity index (χ3n) is 2.95. The predicted octanol–water partition coefficient (Wildman–Crippen LogP) is 0.918. The zero-order chi connectivity index (χ0) is 13.0. The zero-order valence-electron chi connectivity index (χ0n) is 9.70. The molecular weight excluding hydrogens is 282 g/mol. The smallest absolute Gasteiger partial charge is 0.216 e. The van der Waals surface area contributed by atoms with E-state index in [-0.39, 0.29) is 5.96 Å². The molecule has 19 heavy (non-hydrogen) atoms. The number of hydrogen-bond donors (Lipinski definition) is 2. The summed E-state index contributed by atoms with van der Waals surface area (Å²) >= 11 is 3.18. The maximum Gasteiger partial charge on any atom is 0.216 e. The van der Waals surface area contributed by atoms with Crippen molar-refractivity contribution in [3.8, 4) is 10.6 Å². The molecule has 0 radical (unpaired) electrons. The number of nitrogens with two attached hydrogens (primary N) is 2. The van der Waals surface area contributed by atoms with Gasteiger partial charge in [-0.05, 0) is 12.8 Å². The molecule has 0 saturated carbocycles. The van der Waals surface area contributed by atoms with Crippen LogP contribution >= 0.6 is 22.7 Å². The molecule has 3 heterocycles. The molecule has 96 valence electrons. The van der Waals surface area contributed by atoms with Crippen LogP contribution in [0.15, 0.2) is 11.3 Å². The summed E-state index contributed by atoms with van der Waals surface area (Å²) in [6.45, 7) is 0. The number of aromatic nitrogens is 4. The molecule has 0 bridgehead atoms. The molecule has 0 spiro atoms. The van der Waals surface area contributed by atoms with Crippen molar-refractivity contribution in [2.75, 3.05) is 0 Å². The van der Waals surface area contributed by atoms with Gasteiger partial charge in [-0.25, -0.2) is 4.98 Å². The summed E-state index contributed by atoms with van der Waals surface area (Å²) in [6, 6.07) is 0.